The third kappa shape index (κ3) is 3.76. The first-order valence-electron chi connectivity index (χ1n) is 10.9. The van der Waals surface area contributed by atoms with Gasteiger partial charge in [0.25, 0.3) is 0 Å². The first kappa shape index (κ1) is 18.7. The number of rotatable bonds is 4. The van der Waals surface area contributed by atoms with Crippen LogP contribution in [0.15, 0.2) is 115 Å². The van der Waals surface area contributed by atoms with Crippen molar-refractivity contribution in [1.82, 2.24) is 0 Å². The van der Waals surface area contributed by atoms with Gasteiger partial charge in [0.1, 0.15) is 0 Å². The summed E-state index contributed by atoms with van der Waals surface area (Å²) in [4.78, 5) is 0. The van der Waals surface area contributed by atoms with Crippen LogP contribution >= 0.6 is 0 Å². The fourth-order valence-electron chi connectivity index (χ4n) is 5.07. The molecule has 1 heteroatoms. The normalized spacial score (nSPS) is 20.6. The largest absolute Gasteiger partial charge is 0.384 e. The predicted octanol–water partition coefficient (Wildman–Crippen LogP) is 6.89. The van der Waals surface area contributed by atoms with Crippen LogP contribution in [0.5, 0.6) is 0 Å². The molecule has 4 aromatic carbocycles. The van der Waals surface area contributed by atoms with Crippen LogP contribution in [0.1, 0.15) is 34.1 Å². The maximum absolute atomic E-state index is 3.79. The summed E-state index contributed by atoms with van der Waals surface area (Å²) in [6, 6.07) is 41.9. The topological polar surface area (TPSA) is 12.0 Å². The Morgan fingerprint density at radius 1 is 0.600 bits per heavy atom. The summed E-state index contributed by atoms with van der Waals surface area (Å²) in [5, 5.41) is 3.79. The number of para-hydroxylation sites is 1. The van der Waals surface area contributed by atoms with Gasteiger partial charge in [0.2, 0.25) is 0 Å². The van der Waals surface area contributed by atoms with Crippen molar-refractivity contribution in [1.29, 1.82) is 0 Å². The minimum atomic E-state index is 0.313. The molecule has 5 rings (SSSR count). The quantitative estimate of drug-likeness (QED) is 0.401. The number of hydrogen-bond donors (Lipinski definition) is 1. The van der Waals surface area contributed by atoms with Crippen LogP contribution in [0.3, 0.4) is 0 Å². The average molecular weight is 390 g/mol. The van der Waals surface area contributed by atoms with Gasteiger partial charge in [-0.3, -0.25) is 0 Å². The summed E-state index contributed by atoms with van der Waals surface area (Å²) >= 11 is 0. The molecule has 0 saturated heterocycles. The van der Waals surface area contributed by atoms with Crippen LogP contribution in [0.4, 0.5) is 5.69 Å². The molecule has 1 nitrogen and oxygen atoms in total. The van der Waals surface area contributed by atoms with Gasteiger partial charge in [-0.25, -0.2) is 0 Å². The van der Waals surface area contributed by atoms with Crippen LogP contribution in [0.2, 0.25) is 0 Å². The number of hydrogen-bond acceptors (Lipinski definition) is 1. The molecule has 30 heavy (non-hydrogen) atoms. The van der Waals surface area contributed by atoms with Crippen LogP contribution in [0, 0.1) is 5.92 Å². The Labute approximate surface area is 179 Å². The zero-order valence-electron chi connectivity index (χ0n) is 17.1. The second-order valence-electron chi connectivity index (χ2n) is 8.24. The highest BCUT2D eigenvalue weighted by Gasteiger charge is 2.36. The monoisotopic (exact) mass is 389 g/mol. The van der Waals surface area contributed by atoms with Gasteiger partial charge in [0, 0.05) is 18.2 Å². The van der Waals surface area contributed by atoms with Crippen LogP contribution in [0.25, 0.3) is 0 Å². The second-order valence-corrected chi connectivity index (χ2v) is 8.24. The molecule has 0 aromatic heterocycles. The maximum atomic E-state index is 3.79. The van der Waals surface area contributed by atoms with E-state index in [2.05, 4.69) is 121 Å². The fourth-order valence-corrected chi connectivity index (χ4v) is 5.07. The Balaban J connectivity index is 1.67. The zero-order chi connectivity index (χ0) is 20.2. The van der Waals surface area contributed by atoms with Crippen molar-refractivity contribution < 1.29 is 0 Å². The Morgan fingerprint density at radius 3 is 1.87 bits per heavy atom. The molecular formula is C29H27N. The highest BCUT2D eigenvalue weighted by atomic mass is 14.9. The van der Waals surface area contributed by atoms with Gasteiger partial charge >= 0.3 is 0 Å². The molecule has 0 amide bonds. The Hall–Kier alpha value is -3.32. The number of fused-ring (bicyclic) bond motifs is 1. The molecular weight excluding hydrogens is 362 g/mol. The van der Waals surface area contributed by atoms with E-state index < -0.39 is 0 Å². The lowest BCUT2D eigenvalue weighted by Gasteiger charge is -2.33. The van der Waals surface area contributed by atoms with E-state index in [0.717, 1.165) is 13.0 Å². The molecule has 0 saturated carbocycles. The summed E-state index contributed by atoms with van der Waals surface area (Å²) in [5.74, 6) is 1.19. The van der Waals surface area contributed by atoms with Crippen molar-refractivity contribution >= 4 is 5.69 Å². The molecule has 4 aromatic rings. The molecule has 0 bridgehead atoms. The van der Waals surface area contributed by atoms with E-state index in [1.807, 2.05) is 0 Å². The van der Waals surface area contributed by atoms with Crippen LogP contribution in [-0.4, -0.2) is 6.54 Å². The van der Waals surface area contributed by atoms with E-state index >= 15 is 0 Å². The molecule has 1 N–H and O–H groups in total. The number of anilines is 1. The lowest BCUT2D eigenvalue weighted by molar-refractivity contribution is 0.413. The van der Waals surface area contributed by atoms with Crippen LogP contribution < -0.4 is 5.32 Å². The predicted molar refractivity (Wildman–Crippen MR) is 126 cm³/mol. The van der Waals surface area contributed by atoms with Gasteiger partial charge in [-0.1, -0.05) is 109 Å². The molecule has 3 atom stereocenters. The van der Waals surface area contributed by atoms with E-state index in [-0.39, 0.29) is 0 Å². The highest BCUT2D eigenvalue weighted by Crippen LogP contribution is 2.48. The minimum absolute atomic E-state index is 0.313. The minimum Gasteiger partial charge on any atom is -0.384 e. The van der Waals surface area contributed by atoms with E-state index in [4.69, 9.17) is 0 Å². The SMILES string of the molecule is c1ccc(C[C@@H]2CNc3ccccc3[C@@H](c3ccccc3)[C@H]2c2ccccc2)cc1. The van der Waals surface area contributed by atoms with E-state index in [9.17, 15) is 0 Å². The van der Waals surface area contributed by atoms with Crippen molar-refractivity contribution in [3.05, 3.63) is 138 Å². The van der Waals surface area contributed by atoms with E-state index in [1.165, 1.54) is 27.9 Å². The lowest BCUT2D eigenvalue weighted by atomic mass is 9.70. The first-order valence-corrected chi connectivity index (χ1v) is 10.9. The maximum Gasteiger partial charge on any atom is 0.0379 e. The summed E-state index contributed by atoms with van der Waals surface area (Å²) in [6.45, 7) is 0.967. The molecule has 0 spiro atoms. The van der Waals surface area contributed by atoms with Gasteiger partial charge < -0.3 is 5.32 Å². The van der Waals surface area contributed by atoms with E-state index in [1.54, 1.807) is 0 Å². The molecule has 0 fully saturated rings. The second kappa shape index (κ2) is 8.59. The summed E-state index contributed by atoms with van der Waals surface area (Å²) in [7, 11) is 0. The standard InChI is InChI=1S/C29H27N/c1-4-12-22(13-5-1)20-25-21-30-27-19-11-10-18-26(27)29(24-16-8-3-9-17-24)28(25)23-14-6-2-7-15-23/h1-19,25,28-30H,20-21H2/t25-,28+,29-/m1/s1. The van der Waals surface area contributed by atoms with Crippen molar-refractivity contribution in [3.63, 3.8) is 0 Å². The first-order chi connectivity index (χ1) is 14.9. The van der Waals surface area contributed by atoms with Crippen molar-refractivity contribution in [2.24, 2.45) is 5.92 Å². The Kier molecular flexibility index (Phi) is 5.35. The van der Waals surface area contributed by atoms with Crippen LogP contribution in [-0.2, 0) is 6.42 Å². The molecule has 1 aliphatic heterocycles. The summed E-state index contributed by atoms with van der Waals surface area (Å²) in [6.07, 6.45) is 1.06. The third-order valence-electron chi connectivity index (χ3n) is 6.40. The molecule has 148 valence electrons. The van der Waals surface area contributed by atoms with Gasteiger partial charge in [-0.2, -0.15) is 0 Å². The Bertz CT molecular complexity index is 1070. The Morgan fingerprint density at radius 2 is 1.17 bits per heavy atom. The summed E-state index contributed by atoms with van der Waals surface area (Å²) in [5.41, 5.74) is 6.88. The third-order valence-corrected chi connectivity index (χ3v) is 6.40. The van der Waals surface area contributed by atoms with E-state index in [0.29, 0.717) is 17.8 Å². The number of benzene rings is 4. The average Bonchev–Trinajstić information content (AvgIpc) is 2.98. The van der Waals surface area contributed by atoms with Gasteiger partial charge in [0.05, 0.1) is 0 Å². The lowest BCUT2D eigenvalue weighted by Crippen LogP contribution is -2.25. The zero-order valence-corrected chi connectivity index (χ0v) is 17.1. The molecule has 1 aliphatic rings. The van der Waals surface area contributed by atoms with Gasteiger partial charge in [-0.05, 0) is 46.6 Å². The smallest absolute Gasteiger partial charge is 0.0379 e. The highest BCUT2D eigenvalue weighted by molar-refractivity contribution is 5.58. The molecule has 0 radical (unpaired) electrons. The molecule has 0 unspecified atom stereocenters. The molecule has 1 heterocycles. The van der Waals surface area contributed by atoms with Crippen molar-refractivity contribution in [2.45, 2.75) is 18.3 Å². The van der Waals surface area contributed by atoms with Crippen molar-refractivity contribution in [2.75, 3.05) is 11.9 Å². The van der Waals surface area contributed by atoms with Crippen molar-refractivity contribution in [3.8, 4) is 0 Å². The summed E-state index contributed by atoms with van der Waals surface area (Å²) < 4.78 is 0. The molecule has 0 aliphatic carbocycles. The van der Waals surface area contributed by atoms with Gasteiger partial charge in [-0.15, -0.1) is 0 Å². The number of nitrogens with one attached hydrogen (secondary N) is 1. The van der Waals surface area contributed by atoms with Gasteiger partial charge in [0.15, 0.2) is 0 Å². The fraction of sp³-hybridized carbons (Fsp3) is 0.172.